The molecule has 3 rings (SSSR count). The van der Waals surface area contributed by atoms with Gasteiger partial charge in [-0.05, 0) is 42.7 Å². The van der Waals surface area contributed by atoms with Gasteiger partial charge in [0, 0.05) is 18.7 Å². The first-order chi connectivity index (χ1) is 11.5. The number of carbonyl (C=O) groups is 2. The average Bonchev–Trinajstić information content (AvgIpc) is 2.55. The number of para-hydroxylation sites is 1. The molecule has 2 aromatic carbocycles. The van der Waals surface area contributed by atoms with Crippen molar-refractivity contribution >= 4 is 17.5 Å². The van der Waals surface area contributed by atoms with Gasteiger partial charge in [-0.1, -0.05) is 30.3 Å². The fourth-order valence-corrected chi connectivity index (χ4v) is 2.93. The first kappa shape index (κ1) is 16.2. The lowest BCUT2D eigenvalue weighted by atomic mass is 9.99. The Kier molecular flexibility index (Phi) is 4.34. The molecule has 2 amide bonds. The maximum atomic E-state index is 13.2. The number of likely N-dealkylation sites (tertiary alicyclic amines) is 1. The summed E-state index contributed by atoms with van der Waals surface area (Å²) in [4.78, 5) is 26.3. The van der Waals surface area contributed by atoms with Crippen LogP contribution in [0.5, 0.6) is 0 Å². The molecule has 124 valence electrons. The van der Waals surface area contributed by atoms with Crippen LogP contribution >= 0.6 is 0 Å². The van der Waals surface area contributed by atoms with E-state index in [0.717, 1.165) is 16.8 Å². The zero-order valence-corrected chi connectivity index (χ0v) is 13.7. The highest BCUT2D eigenvalue weighted by atomic mass is 19.1. The summed E-state index contributed by atoms with van der Waals surface area (Å²) in [5.74, 6) is -0.726. The van der Waals surface area contributed by atoms with Gasteiger partial charge in [-0.3, -0.25) is 9.59 Å². The molecule has 1 N–H and O–H groups in total. The Labute approximate surface area is 140 Å². The second-order valence-corrected chi connectivity index (χ2v) is 6.05. The summed E-state index contributed by atoms with van der Waals surface area (Å²) in [6.07, 6.45) is 0.439. The number of nitrogens with zero attached hydrogens (tertiary/aromatic N) is 1. The fourth-order valence-electron chi connectivity index (χ4n) is 2.93. The molecular formula is C19H19FN2O2. The van der Waals surface area contributed by atoms with E-state index in [9.17, 15) is 14.0 Å². The van der Waals surface area contributed by atoms with Crippen molar-refractivity contribution in [3.8, 4) is 0 Å². The predicted molar refractivity (Wildman–Crippen MR) is 90.0 cm³/mol. The molecule has 0 aliphatic carbocycles. The maximum Gasteiger partial charge on any atom is 0.251 e. The van der Waals surface area contributed by atoms with Crippen LogP contribution in [0.1, 0.15) is 29.2 Å². The second-order valence-electron chi connectivity index (χ2n) is 6.05. The number of β-lactam (4-membered cyclic amide) rings is 1. The highest BCUT2D eigenvalue weighted by molar-refractivity contribution is 5.99. The Morgan fingerprint density at radius 2 is 1.75 bits per heavy atom. The summed E-state index contributed by atoms with van der Waals surface area (Å²) in [6.45, 7) is 4.37. The number of aryl methyl sites for hydroxylation is 2. The van der Waals surface area contributed by atoms with Crippen LogP contribution in [-0.4, -0.2) is 23.3 Å². The van der Waals surface area contributed by atoms with Crippen molar-refractivity contribution in [3.63, 3.8) is 0 Å². The van der Waals surface area contributed by atoms with Crippen LogP contribution in [0.4, 0.5) is 10.1 Å². The van der Waals surface area contributed by atoms with Gasteiger partial charge in [0.15, 0.2) is 0 Å². The van der Waals surface area contributed by atoms with E-state index < -0.39 is 6.04 Å². The lowest BCUT2D eigenvalue weighted by Gasteiger charge is -2.37. The van der Waals surface area contributed by atoms with E-state index in [1.165, 1.54) is 17.0 Å². The molecule has 1 saturated heterocycles. The van der Waals surface area contributed by atoms with Crippen LogP contribution in [0.15, 0.2) is 42.5 Å². The summed E-state index contributed by atoms with van der Waals surface area (Å²) in [5.41, 5.74) is 3.27. The number of benzene rings is 2. The molecule has 0 spiro atoms. The molecule has 1 atom stereocenters. The Morgan fingerprint density at radius 1 is 1.12 bits per heavy atom. The Hall–Kier alpha value is -2.69. The first-order valence-corrected chi connectivity index (χ1v) is 7.89. The summed E-state index contributed by atoms with van der Waals surface area (Å²) in [7, 11) is 0. The van der Waals surface area contributed by atoms with E-state index in [4.69, 9.17) is 0 Å². The van der Waals surface area contributed by atoms with Gasteiger partial charge in [0.25, 0.3) is 5.91 Å². The number of amides is 2. The number of hydrogen-bond donors (Lipinski definition) is 1. The van der Waals surface area contributed by atoms with Crippen molar-refractivity contribution in [2.45, 2.75) is 26.3 Å². The van der Waals surface area contributed by atoms with E-state index >= 15 is 0 Å². The summed E-state index contributed by atoms with van der Waals surface area (Å²) in [5, 5.41) is 2.93. The minimum absolute atomic E-state index is 0.0685. The number of anilines is 1. The van der Waals surface area contributed by atoms with Gasteiger partial charge in [-0.25, -0.2) is 4.39 Å². The van der Waals surface area contributed by atoms with Crippen LogP contribution in [0.2, 0.25) is 0 Å². The number of hydrogen-bond acceptors (Lipinski definition) is 2. The molecule has 24 heavy (non-hydrogen) atoms. The normalized spacial score (nSPS) is 15.0. The highest BCUT2D eigenvalue weighted by Crippen LogP contribution is 2.29. The third-order valence-corrected chi connectivity index (χ3v) is 4.36. The quantitative estimate of drug-likeness (QED) is 0.876. The van der Waals surface area contributed by atoms with E-state index in [1.54, 1.807) is 12.1 Å². The molecule has 1 fully saturated rings. The molecule has 1 unspecified atom stereocenters. The number of rotatable bonds is 4. The Balaban J connectivity index is 1.92. The first-order valence-electron chi connectivity index (χ1n) is 7.89. The van der Waals surface area contributed by atoms with Crippen molar-refractivity contribution in [1.29, 1.82) is 0 Å². The topological polar surface area (TPSA) is 49.4 Å². The van der Waals surface area contributed by atoms with Gasteiger partial charge in [0.1, 0.15) is 11.9 Å². The highest BCUT2D eigenvalue weighted by Gasteiger charge is 2.36. The van der Waals surface area contributed by atoms with Crippen LogP contribution in [0, 0.1) is 19.7 Å². The van der Waals surface area contributed by atoms with E-state index in [-0.39, 0.29) is 17.6 Å². The van der Waals surface area contributed by atoms with Gasteiger partial charge in [-0.15, -0.1) is 0 Å². The molecule has 0 saturated carbocycles. The standard InChI is InChI=1S/C19H19FN2O2/c1-12-4-3-5-13(2)17(12)21-19(24)18(22-11-10-16(22)23)14-6-8-15(20)9-7-14/h3-9,18H,10-11H2,1-2H3,(H,21,24). The van der Waals surface area contributed by atoms with Crippen LogP contribution in [0.25, 0.3) is 0 Å². The van der Waals surface area contributed by atoms with Gasteiger partial charge in [0.05, 0.1) is 0 Å². The Bertz CT molecular complexity index is 766. The molecule has 0 bridgehead atoms. The lowest BCUT2D eigenvalue weighted by molar-refractivity contribution is -0.147. The predicted octanol–water partition coefficient (Wildman–Crippen LogP) is 3.35. The monoisotopic (exact) mass is 326 g/mol. The van der Waals surface area contributed by atoms with Crippen molar-refractivity contribution in [1.82, 2.24) is 4.90 Å². The van der Waals surface area contributed by atoms with Crippen LogP contribution in [-0.2, 0) is 9.59 Å². The molecule has 1 heterocycles. The maximum absolute atomic E-state index is 13.2. The summed E-state index contributed by atoms with van der Waals surface area (Å²) in [6, 6.07) is 10.7. The third kappa shape index (κ3) is 3.02. The van der Waals surface area contributed by atoms with E-state index in [0.29, 0.717) is 18.5 Å². The van der Waals surface area contributed by atoms with Gasteiger partial charge in [-0.2, -0.15) is 0 Å². The molecule has 1 aliphatic heterocycles. The lowest BCUT2D eigenvalue weighted by Crippen LogP contribution is -2.49. The minimum Gasteiger partial charge on any atom is -0.326 e. The van der Waals surface area contributed by atoms with Crippen molar-refractivity contribution in [3.05, 3.63) is 65.0 Å². The molecular weight excluding hydrogens is 307 g/mol. The summed E-state index contributed by atoms with van der Waals surface area (Å²) < 4.78 is 13.2. The fraction of sp³-hybridized carbons (Fsp3) is 0.263. The summed E-state index contributed by atoms with van der Waals surface area (Å²) >= 11 is 0. The van der Waals surface area contributed by atoms with Gasteiger partial charge < -0.3 is 10.2 Å². The smallest absolute Gasteiger partial charge is 0.251 e. The number of carbonyl (C=O) groups excluding carboxylic acids is 2. The molecule has 0 aromatic heterocycles. The largest absolute Gasteiger partial charge is 0.326 e. The molecule has 1 aliphatic rings. The molecule has 2 aromatic rings. The van der Waals surface area contributed by atoms with Crippen molar-refractivity contribution in [2.75, 3.05) is 11.9 Å². The zero-order chi connectivity index (χ0) is 17.3. The Morgan fingerprint density at radius 3 is 2.25 bits per heavy atom. The minimum atomic E-state index is -0.745. The zero-order valence-electron chi connectivity index (χ0n) is 13.7. The number of halogens is 1. The van der Waals surface area contributed by atoms with E-state index in [2.05, 4.69) is 5.32 Å². The van der Waals surface area contributed by atoms with Crippen LogP contribution in [0.3, 0.4) is 0 Å². The molecule has 0 radical (unpaired) electrons. The van der Waals surface area contributed by atoms with Crippen molar-refractivity contribution in [2.24, 2.45) is 0 Å². The SMILES string of the molecule is Cc1cccc(C)c1NC(=O)C(c1ccc(F)cc1)N1CCC1=O. The second kappa shape index (κ2) is 6.43. The van der Waals surface area contributed by atoms with Gasteiger partial charge >= 0.3 is 0 Å². The average molecular weight is 326 g/mol. The molecule has 5 heteroatoms. The van der Waals surface area contributed by atoms with E-state index in [1.807, 2.05) is 32.0 Å². The van der Waals surface area contributed by atoms with Crippen LogP contribution < -0.4 is 5.32 Å². The number of nitrogens with one attached hydrogen (secondary N) is 1. The van der Waals surface area contributed by atoms with Crippen molar-refractivity contribution < 1.29 is 14.0 Å². The third-order valence-electron chi connectivity index (χ3n) is 4.36. The molecule has 4 nitrogen and oxygen atoms in total. The van der Waals surface area contributed by atoms with Gasteiger partial charge in [0.2, 0.25) is 5.91 Å².